The zero-order valence-corrected chi connectivity index (χ0v) is 16.5. The molecule has 0 fully saturated rings. The number of halogens is 1. The lowest BCUT2D eigenvalue weighted by Crippen LogP contribution is -2.25. The highest BCUT2D eigenvalue weighted by atomic mass is 79.9. The predicted octanol–water partition coefficient (Wildman–Crippen LogP) is 3.42. The summed E-state index contributed by atoms with van der Waals surface area (Å²) in [4.78, 5) is 17.2. The third-order valence-electron chi connectivity index (χ3n) is 4.41. The van der Waals surface area contributed by atoms with Gasteiger partial charge in [-0.05, 0) is 18.2 Å². The summed E-state index contributed by atoms with van der Waals surface area (Å²) in [5.41, 5.74) is 2.57. The van der Waals surface area contributed by atoms with Crippen molar-refractivity contribution in [1.29, 1.82) is 0 Å². The van der Waals surface area contributed by atoms with Gasteiger partial charge in [0.05, 0.1) is 5.69 Å². The predicted molar refractivity (Wildman–Crippen MR) is 109 cm³/mol. The zero-order chi connectivity index (χ0) is 19.8. The minimum Gasteiger partial charge on any atom is -0.337 e. The highest BCUT2D eigenvalue weighted by Crippen LogP contribution is 2.21. The molecule has 0 unspecified atom stereocenters. The smallest absolute Gasteiger partial charge is 0.293 e. The molecule has 0 N–H and O–H groups in total. The van der Waals surface area contributed by atoms with Crippen molar-refractivity contribution in [2.75, 3.05) is 0 Å². The molecule has 3 heterocycles. The molecule has 5 rings (SSSR count). The molecule has 2 aromatic carbocycles. The van der Waals surface area contributed by atoms with Crippen LogP contribution in [0.2, 0.25) is 0 Å². The van der Waals surface area contributed by atoms with Crippen molar-refractivity contribution in [2.45, 2.75) is 6.54 Å². The van der Waals surface area contributed by atoms with Crippen molar-refractivity contribution in [3.8, 4) is 22.6 Å². The molecule has 0 bridgehead atoms. The van der Waals surface area contributed by atoms with E-state index in [9.17, 15) is 4.79 Å². The largest absolute Gasteiger partial charge is 0.337 e. The molecular weight excluding hydrogens is 436 g/mol. The number of aromatic nitrogens is 6. The topological polar surface area (TPSA) is 91.1 Å². The van der Waals surface area contributed by atoms with E-state index in [2.05, 4.69) is 36.3 Å². The summed E-state index contributed by atoms with van der Waals surface area (Å²) >= 11 is 3.41. The molecule has 3 aromatic heterocycles. The fourth-order valence-electron chi connectivity index (χ4n) is 2.96. The Balaban J connectivity index is 1.47. The van der Waals surface area contributed by atoms with Crippen LogP contribution in [0.25, 0.3) is 28.2 Å². The Labute approximate surface area is 172 Å². The van der Waals surface area contributed by atoms with E-state index in [1.807, 2.05) is 54.6 Å². The van der Waals surface area contributed by atoms with Crippen LogP contribution in [0.3, 0.4) is 0 Å². The number of rotatable bonds is 4. The van der Waals surface area contributed by atoms with E-state index in [4.69, 9.17) is 4.52 Å². The normalized spacial score (nSPS) is 11.2. The van der Waals surface area contributed by atoms with Crippen molar-refractivity contribution < 1.29 is 4.52 Å². The lowest BCUT2D eigenvalue weighted by Gasteiger charge is -2.00. The average molecular weight is 449 g/mol. The van der Waals surface area contributed by atoms with Crippen LogP contribution in [-0.2, 0) is 6.54 Å². The Bertz CT molecular complexity index is 1360. The fourth-order valence-corrected chi connectivity index (χ4v) is 3.23. The molecule has 29 heavy (non-hydrogen) atoms. The van der Waals surface area contributed by atoms with Crippen molar-refractivity contribution >= 4 is 21.4 Å². The summed E-state index contributed by atoms with van der Waals surface area (Å²) < 4.78 is 9.02. The molecule has 0 aliphatic rings. The number of fused-ring (bicyclic) bond motifs is 1. The summed E-state index contributed by atoms with van der Waals surface area (Å²) in [6.45, 7) is 0.0773. The van der Waals surface area contributed by atoms with E-state index in [1.165, 1.54) is 15.5 Å². The quantitative estimate of drug-likeness (QED) is 0.418. The summed E-state index contributed by atoms with van der Waals surface area (Å²) in [6, 6.07) is 18.9. The number of hydrogen-bond donors (Lipinski definition) is 0. The monoisotopic (exact) mass is 448 g/mol. The van der Waals surface area contributed by atoms with E-state index in [-0.39, 0.29) is 12.1 Å². The van der Waals surface area contributed by atoms with Crippen LogP contribution in [0.4, 0.5) is 0 Å². The molecule has 142 valence electrons. The number of benzene rings is 2. The molecule has 0 spiro atoms. The second kappa shape index (κ2) is 7.10. The van der Waals surface area contributed by atoms with Gasteiger partial charge in [-0.15, -0.1) is 0 Å². The molecule has 0 aliphatic heterocycles. The molecule has 0 saturated heterocycles. The lowest BCUT2D eigenvalue weighted by molar-refractivity contribution is 0.362. The molecule has 0 radical (unpaired) electrons. The SMILES string of the molecule is O=c1c2cc(-c3ccc(Br)cc3)nn2cnn1Cc1nc(-c2ccccc2)no1. The summed E-state index contributed by atoms with van der Waals surface area (Å²) in [6.07, 6.45) is 1.49. The first-order valence-corrected chi connectivity index (χ1v) is 9.56. The molecule has 8 nitrogen and oxygen atoms in total. The summed E-state index contributed by atoms with van der Waals surface area (Å²) in [7, 11) is 0. The van der Waals surface area contributed by atoms with Gasteiger partial charge in [0.25, 0.3) is 5.56 Å². The van der Waals surface area contributed by atoms with Gasteiger partial charge in [0.15, 0.2) is 0 Å². The lowest BCUT2D eigenvalue weighted by atomic mass is 10.1. The highest BCUT2D eigenvalue weighted by Gasteiger charge is 2.14. The van der Waals surface area contributed by atoms with E-state index in [0.29, 0.717) is 22.9 Å². The van der Waals surface area contributed by atoms with Crippen LogP contribution in [-0.4, -0.2) is 29.5 Å². The highest BCUT2D eigenvalue weighted by molar-refractivity contribution is 9.10. The van der Waals surface area contributed by atoms with E-state index in [1.54, 1.807) is 6.07 Å². The van der Waals surface area contributed by atoms with Crippen molar-refractivity contribution in [1.82, 2.24) is 29.5 Å². The third-order valence-corrected chi connectivity index (χ3v) is 4.94. The van der Waals surface area contributed by atoms with E-state index < -0.39 is 0 Å². The first kappa shape index (κ1) is 17.5. The third kappa shape index (κ3) is 3.36. The van der Waals surface area contributed by atoms with Gasteiger partial charge in [0.2, 0.25) is 11.7 Å². The summed E-state index contributed by atoms with van der Waals surface area (Å²) in [5, 5.41) is 12.6. The Hall–Kier alpha value is -3.59. The van der Waals surface area contributed by atoms with Gasteiger partial charge in [-0.1, -0.05) is 63.6 Å². The second-order valence-electron chi connectivity index (χ2n) is 6.34. The fraction of sp³-hybridized carbons (Fsp3) is 0.0500. The number of nitrogens with zero attached hydrogens (tertiary/aromatic N) is 6. The first-order chi connectivity index (χ1) is 14.2. The minimum absolute atomic E-state index is 0.0773. The molecule has 5 aromatic rings. The van der Waals surface area contributed by atoms with Crippen LogP contribution >= 0.6 is 15.9 Å². The van der Waals surface area contributed by atoms with Crippen LogP contribution in [0.15, 0.2) is 80.8 Å². The van der Waals surface area contributed by atoms with Crippen LogP contribution < -0.4 is 5.56 Å². The van der Waals surface area contributed by atoms with Crippen molar-refractivity contribution in [2.24, 2.45) is 0 Å². The molecule has 9 heteroatoms. The van der Waals surface area contributed by atoms with Gasteiger partial charge >= 0.3 is 0 Å². The maximum absolute atomic E-state index is 12.9. The minimum atomic E-state index is -0.289. The second-order valence-corrected chi connectivity index (χ2v) is 7.25. The molecule has 0 amide bonds. The molecule has 0 saturated carbocycles. The molecule has 0 atom stereocenters. The van der Waals surface area contributed by atoms with Gasteiger partial charge < -0.3 is 4.52 Å². The Morgan fingerprint density at radius 1 is 1.00 bits per heavy atom. The van der Waals surface area contributed by atoms with E-state index in [0.717, 1.165) is 15.6 Å². The number of hydrogen-bond acceptors (Lipinski definition) is 6. The maximum atomic E-state index is 12.9. The average Bonchev–Trinajstić information content (AvgIpc) is 3.39. The van der Waals surface area contributed by atoms with Crippen molar-refractivity contribution in [3.63, 3.8) is 0 Å². The van der Waals surface area contributed by atoms with Crippen LogP contribution in [0.5, 0.6) is 0 Å². The Morgan fingerprint density at radius 2 is 1.79 bits per heavy atom. The van der Waals surface area contributed by atoms with Gasteiger partial charge in [0.1, 0.15) is 18.4 Å². The first-order valence-electron chi connectivity index (χ1n) is 8.77. The summed E-state index contributed by atoms with van der Waals surface area (Å²) in [5.74, 6) is 0.770. The van der Waals surface area contributed by atoms with Gasteiger partial charge in [-0.2, -0.15) is 15.2 Å². The van der Waals surface area contributed by atoms with Crippen LogP contribution in [0, 0.1) is 0 Å². The Kier molecular flexibility index (Phi) is 4.28. The van der Waals surface area contributed by atoms with Gasteiger partial charge in [-0.25, -0.2) is 9.20 Å². The van der Waals surface area contributed by atoms with E-state index >= 15 is 0 Å². The maximum Gasteiger partial charge on any atom is 0.293 e. The zero-order valence-electron chi connectivity index (χ0n) is 14.9. The van der Waals surface area contributed by atoms with Crippen LogP contribution in [0.1, 0.15) is 5.89 Å². The molecule has 0 aliphatic carbocycles. The van der Waals surface area contributed by atoms with Crippen molar-refractivity contribution in [3.05, 3.63) is 87.7 Å². The van der Waals surface area contributed by atoms with Gasteiger partial charge in [-0.3, -0.25) is 4.79 Å². The standard InChI is InChI=1S/C20H13BrN6O2/c21-15-8-6-13(7-9-15)16-10-17-20(28)26(22-12-27(17)24-16)11-18-23-19(25-29-18)14-4-2-1-3-5-14/h1-10,12H,11H2. The molecular formula is C20H13BrN6O2. The Morgan fingerprint density at radius 3 is 2.59 bits per heavy atom. The van der Waals surface area contributed by atoms with Gasteiger partial charge in [0, 0.05) is 15.6 Å².